The zero-order valence-corrected chi connectivity index (χ0v) is 21.8. The number of carbonyl (C=O) groups excluding carboxylic acids is 3. The van der Waals surface area contributed by atoms with Crippen molar-refractivity contribution in [2.45, 2.75) is 20.8 Å². The first kappa shape index (κ1) is 37.3. The van der Waals surface area contributed by atoms with E-state index in [4.69, 9.17) is 62.7 Å². The van der Waals surface area contributed by atoms with E-state index in [1.807, 2.05) is 13.8 Å². The molecule has 1 aromatic carbocycles. The Labute approximate surface area is 214 Å². The number of rotatable bonds is 1. The van der Waals surface area contributed by atoms with E-state index in [1.165, 1.54) is 12.5 Å². The minimum absolute atomic E-state index is 0.0102. The molecule has 0 bridgehead atoms. The molecule has 0 N–H and O–H groups in total. The minimum atomic E-state index is -0.590. The first-order chi connectivity index (χ1) is 14.9. The summed E-state index contributed by atoms with van der Waals surface area (Å²) in [6.45, 7) is 26.7. The quantitative estimate of drug-likeness (QED) is 0.0882. The summed E-state index contributed by atoms with van der Waals surface area (Å²) in [6, 6.07) is 0. The van der Waals surface area contributed by atoms with Crippen molar-refractivity contribution in [3.63, 3.8) is 0 Å². The fourth-order valence-electron chi connectivity index (χ4n) is 1.12. The van der Waals surface area contributed by atoms with Crippen LogP contribution in [-0.2, 0) is 19.1 Å². The molecule has 0 atom stereocenters. The van der Waals surface area contributed by atoms with Gasteiger partial charge >= 0.3 is 17.9 Å². The van der Waals surface area contributed by atoms with Crippen molar-refractivity contribution < 1.29 is 23.9 Å². The molecule has 1 aromatic rings. The van der Waals surface area contributed by atoms with E-state index in [2.05, 4.69) is 50.8 Å². The fraction of sp³-hybridized carbons (Fsp3) is 0.136. The van der Waals surface area contributed by atoms with E-state index in [9.17, 15) is 14.4 Å². The van der Waals surface area contributed by atoms with Crippen molar-refractivity contribution in [1.82, 2.24) is 0 Å². The maximum absolute atomic E-state index is 10.8. The molecule has 32 heavy (non-hydrogen) atoms. The summed E-state index contributed by atoms with van der Waals surface area (Å²) in [7, 11) is 0. The zero-order chi connectivity index (χ0) is 26.6. The second-order valence-corrected chi connectivity index (χ2v) is 6.66. The van der Waals surface area contributed by atoms with Gasteiger partial charge in [0.15, 0.2) is 5.75 Å². The highest BCUT2D eigenvalue weighted by molar-refractivity contribution is 6.55. The van der Waals surface area contributed by atoms with Crippen LogP contribution in [0.1, 0.15) is 20.8 Å². The largest absolute Gasteiger partial charge is 0.423 e. The van der Waals surface area contributed by atoms with Crippen molar-refractivity contribution in [2.75, 3.05) is 0 Å². The SMILES string of the molecule is C=C.C=C.C=C.C=C(C)C.CC(=O)Oc1c(Cl)c(Cl)c(Cl)c(Cl)c1Cl.O=C1C=CC(=O)O1. The van der Waals surface area contributed by atoms with E-state index in [-0.39, 0.29) is 30.9 Å². The Morgan fingerprint density at radius 3 is 1.16 bits per heavy atom. The van der Waals surface area contributed by atoms with Gasteiger partial charge in [-0.15, -0.1) is 46.1 Å². The Balaban J connectivity index is -0.000000192. The molecule has 1 aliphatic heterocycles. The summed E-state index contributed by atoms with van der Waals surface area (Å²) >= 11 is 28.8. The third-order valence-corrected chi connectivity index (χ3v) is 4.21. The average molecular weight is 547 g/mol. The Morgan fingerprint density at radius 1 is 0.719 bits per heavy atom. The van der Waals surface area contributed by atoms with E-state index < -0.39 is 17.9 Å². The van der Waals surface area contributed by atoms with Crippen molar-refractivity contribution in [3.8, 4) is 5.75 Å². The predicted octanol–water partition coefficient (Wildman–Crippen LogP) is 8.49. The molecule has 0 saturated heterocycles. The lowest BCUT2D eigenvalue weighted by molar-refractivity contribution is -0.150. The predicted molar refractivity (Wildman–Crippen MR) is 137 cm³/mol. The van der Waals surface area contributed by atoms with Crippen LogP contribution in [0.5, 0.6) is 5.75 Å². The van der Waals surface area contributed by atoms with Gasteiger partial charge in [-0.3, -0.25) is 4.79 Å². The second-order valence-electron chi connectivity index (χ2n) is 4.77. The fourth-order valence-corrected chi connectivity index (χ4v) is 2.32. The van der Waals surface area contributed by atoms with Gasteiger partial charge in [0.05, 0.1) is 15.1 Å². The Morgan fingerprint density at radius 2 is 0.969 bits per heavy atom. The Hall–Kier alpha value is -2.02. The lowest BCUT2D eigenvalue weighted by atomic mass is 10.3. The van der Waals surface area contributed by atoms with Gasteiger partial charge in [0, 0.05) is 19.1 Å². The highest BCUT2D eigenvalue weighted by atomic mass is 35.5. The van der Waals surface area contributed by atoms with E-state index in [0.717, 1.165) is 12.2 Å². The topological polar surface area (TPSA) is 69.7 Å². The number of hydrogen-bond acceptors (Lipinski definition) is 5. The highest BCUT2D eigenvalue weighted by Gasteiger charge is 2.21. The van der Waals surface area contributed by atoms with E-state index >= 15 is 0 Å². The summed E-state index contributed by atoms with van der Waals surface area (Å²) in [5.74, 6) is -1.84. The normalized spacial score (nSPS) is 9.88. The van der Waals surface area contributed by atoms with Crippen LogP contribution in [0.4, 0.5) is 0 Å². The summed E-state index contributed by atoms with van der Waals surface area (Å²) < 4.78 is 8.73. The molecule has 10 heteroatoms. The molecule has 5 nitrogen and oxygen atoms in total. The highest BCUT2D eigenvalue weighted by Crippen LogP contribution is 2.48. The monoisotopic (exact) mass is 544 g/mol. The molecule has 0 radical (unpaired) electrons. The Bertz CT molecular complexity index is 766. The van der Waals surface area contributed by atoms with Gasteiger partial charge in [0.25, 0.3) is 0 Å². The number of cyclic esters (lactones) is 2. The van der Waals surface area contributed by atoms with Gasteiger partial charge in [-0.25, -0.2) is 9.59 Å². The van der Waals surface area contributed by atoms with Crippen LogP contribution in [0, 0.1) is 0 Å². The number of carbonyl (C=O) groups is 3. The molecule has 178 valence electrons. The van der Waals surface area contributed by atoms with Crippen LogP contribution in [0.25, 0.3) is 0 Å². The number of allylic oxidation sites excluding steroid dienone is 1. The van der Waals surface area contributed by atoms with Gasteiger partial charge in [-0.1, -0.05) is 63.6 Å². The maximum Gasteiger partial charge on any atom is 0.338 e. The van der Waals surface area contributed by atoms with Crippen molar-refractivity contribution in [2.24, 2.45) is 0 Å². The maximum atomic E-state index is 10.8. The molecule has 1 aliphatic rings. The molecule has 2 rings (SSSR count). The van der Waals surface area contributed by atoms with Crippen LogP contribution in [-0.4, -0.2) is 17.9 Å². The van der Waals surface area contributed by atoms with Crippen LogP contribution in [0.15, 0.2) is 63.8 Å². The van der Waals surface area contributed by atoms with E-state index in [1.54, 1.807) is 0 Å². The number of esters is 3. The van der Waals surface area contributed by atoms with E-state index in [0.29, 0.717) is 0 Å². The van der Waals surface area contributed by atoms with Crippen LogP contribution in [0.2, 0.25) is 25.1 Å². The van der Waals surface area contributed by atoms with Crippen molar-refractivity contribution in [1.29, 1.82) is 0 Å². The third-order valence-electron chi connectivity index (χ3n) is 1.97. The van der Waals surface area contributed by atoms with Crippen LogP contribution >= 0.6 is 58.0 Å². The van der Waals surface area contributed by atoms with Gasteiger partial charge in [0.2, 0.25) is 0 Å². The molecular formula is C22H25Cl5O5. The summed E-state index contributed by atoms with van der Waals surface area (Å²) in [5, 5.41) is -0.102. The number of halogens is 5. The molecule has 0 spiro atoms. The lowest BCUT2D eigenvalue weighted by Crippen LogP contribution is -2.03. The summed E-state index contributed by atoms with van der Waals surface area (Å²) in [5.41, 5.74) is 1.17. The number of benzene rings is 1. The van der Waals surface area contributed by atoms with Crippen LogP contribution < -0.4 is 4.74 Å². The van der Waals surface area contributed by atoms with Gasteiger partial charge in [0.1, 0.15) is 10.0 Å². The molecule has 0 aliphatic carbocycles. The molecule has 0 unspecified atom stereocenters. The van der Waals surface area contributed by atoms with Crippen molar-refractivity contribution in [3.05, 3.63) is 88.9 Å². The second kappa shape index (κ2) is 22.2. The molecule has 0 amide bonds. The lowest BCUT2D eigenvalue weighted by Gasteiger charge is -2.10. The molecule has 0 aromatic heterocycles. The molecule has 0 fully saturated rings. The smallest absolute Gasteiger partial charge is 0.338 e. The van der Waals surface area contributed by atoms with Gasteiger partial charge < -0.3 is 9.47 Å². The average Bonchev–Trinajstić information content (AvgIpc) is 3.15. The van der Waals surface area contributed by atoms with Gasteiger partial charge in [-0.05, 0) is 13.8 Å². The van der Waals surface area contributed by atoms with Crippen molar-refractivity contribution >= 4 is 75.9 Å². The Kier molecular flexibility index (Phi) is 25.9. The molecular weight excluding hydrogens is 522 g/mol. The first-order valence-corrected chi connectivity index (χ1v) is 10.0. The zero-order valence-electron chi connectivity index (χ0n) is 18.0. The van der Waals surface area contributed by atoms with Gasteiger partial charge in [-0.2, -0.15) is 0 Å². The molecule has 0 saturated carbocycles. The number of hydrogen-bond donors (Lipinski definition) is 0. The summed E-state index contributed by atoms with van der Waals surface area (Å²) in [6.07, 6.45) is 2.17. The standard InChI is InChI=1S/C8H3Cl5O2.C4H2O3.C4H8.3C2H4/c1-2(14)15-8-6(12)4(10)3(9)5(11)7(8)13;5-3-1-2-4(6)7-3;1-4(2)3;3*1-2/h1H3;1-2H;1H2,2-3H3;3*1-2H2. The first-order valence-electron chi connectivity index (χ1n) is 8.14. The molecule has 1 heterocycles. The minimum Gasteiger partial charge on any atom is -0.423 e. The number of ether oxygens (including phenoxy) is 2. The van der Waals surface area contributed by atoms with Crippen LogP contribution in [0.3, 0.4) is 0 Å². The summed E-state index contributed by atoms with van der Waals surface area (Å²) in [4.78, 5) is 30.6. The third kappa shape index (κ3) is 16.6.